The molecule has 0 aromatic carbocycles. The molecule has 4 N–H and O–H groups in total. The van der Waals surface area contributed by atoms with Crippen LogP contribution in [-0.2, 0) is 9.59 Å². The van der Waals surface area contributed by atoms with Crippen LogP contribution in [0.1, 0.15) is 32.1 Å². The highest BCUT2D eigenvalue weighted by atomic mass is 16.4. The smallest absolute Gasteiger partial charge is 0.326 e. The van der Waals surface area contributed by atoms with Crippen molar-refractivity contribution < 1.29 is 24.6 Å². The summed E-state index contributed by atoms with van der Waals surface area (Å²) in [7, 11) is 0. The number of carboxylic acid groups (broad SMARTS) is 2. The van der Waals surface area contributed by atoms with Gasteiger partial charge in [0.05, 0.1) is 0 Å². The maximum atomic E-state index is 11.4. The van der Waals surface area contributed by atoms with E-state index in [2.05, 4.69) is 10.6 Å². The molecule has 102 valence electrons. The first kappa shape index (κ1) is 14.3. The van der Waals surface area contributed by atoms with Gasteiger partial charge in [-0.3, -0.25) is 4.79 Å². The zero-order valence-electron chi connectivity index (χ0n) is 10.0. The van der Waals surface area contributed by atoms with Crippen molar-refractivity contribution in [3.63, 3.8) is 0 Å². The Morgan fingerprint density at radius 2 is 1.89 bits per heavy atom. The number of carbonyl (C=O) groups is 3. The Morgan fingerprint density at radius 1 is 1.22 bits per heavy atom. The number of carbonyl (C=O) groups excluding carboxylic acids is 1. The topological polar surface area (TPSA) is 116 Å². The Kier molecular flexibility index (Phi) is 5.41. The summed E-state index contributed by atoms with van der Waals surface area (Å²) in [5.41, 5.74) is 0. The highest BCUT2D eigenvalue weighted by Gasteiger charge is 2.22. The number of nitrogens with one attached hydrogen (secondary N) is 2. The minimum Gasteiger partial charge on any atom is -0.481 e. The molecule has 1 rings (SSSR count). The molecular formula is C11H18N2O5. The van der Waals surface area contributed by atoms with Crippen LogP contribution in [0.2, 0.25) is 0 Å². The van der Waals surface area contributed by atoms with E-state index in [1.807, 2.05) is 0 Å². The molecule has 0 saturated heterocycles. The molecule has 1 fully saturated rings. The normalized spacial score (nSPS) is 15.8. The van der Waals surface area contributed by atoms with Crippen LogP contribution in [0.3, 0.4) is 0 Å². The SMILES string of the molecule is O=C(O)CCC(NC(=O)NCCC1CC1)C(=O)O. The van der Waals surface area contributed by atoms with Crippen LogP contribution in [0.5, 0.6) is 0 Å². The minimum atomic E-state index is -1.23. The Hall–Kier alpha value is -1.79. The molecule has 1 saturated carbocycles. The molecule has 0 bridgehead atoms. The lowest BCUT2D eigenvalue weighted by molar-refractivity contribution is -0.140. The van der Waals surface area contributed by atoms with Gasteiger partial charge in [-0.15, -0.1) is 0 Å². The van der Waals surface area contributed by atoms with Crippen LogP contribution in [0, 0.1) is 5.92 Å². The predicted molar refractivity (Wildman–Crippen MR) is 62.2 cm³/mol. The molecule has 0 aromatic heterocycles. The molecule has 1 aliphatic rings. The first-order valence-corrected chi connectivity index (χ1v) is 5.98. The number of urea groups is 1. The van der Waals surface area contributed by atoms with Gasteiger partial charge in [0.25, 0.3) is 0 Å². The highest BCUT2D eigenvalue weighted by molar-refractivity contribution is 5.82. The van der Waals surface area contributed by atoms with Crippen molar-refractivity contribution in [2.24, 2.45) is 5.92 Å². The van der Waals surface area contributed by atoms with Gasteiger partial charge in [-0.05, 0) is 18.8 Å². The van der Waals surface area contributed by atoms with Gasteiger partial charge < -0.3 is 20.8 Å². The molecular weight excluding hydrogens is 240 g/mol. The molecule has 1 aliphatic carbocycles. The number of amides is 2. The predicted octanol–water partition coefficient (Wildman–Crippen LogP) is 0.404. The Morgan fingerprint density at radius 3 is 2.39 bits per heavy atom. The van der Waals surface area contributed by atoms with Gasteiger partial charge in [0.2, 0.25) is 0 Å². The van der Waals surface area contributed by atoms with Gasteiger partial charge in [-0.2, -0.15) is 0 Å². The molecule has 0 aromatic rings. The second-order valence-electron chi connectivity index (χ2n) is 4.46. The van der Waals surface area contributed by atoms with Crippen LogP contribution >= 0.6 is 0 Å². The quantitative estimate of drug-likeness (QED) is 0.503. The van der Waals surface area contributed by atoms with E-state index >= 15 is 0 Å². The lowest BCUT2D eigenvalue weighted by Crippen LogP contribution is -2.46. The van der Waals surface area contributed by atoms with E-state index < -0.39 is 24.0 Å². The highest BCUT2D eigenvalue weighted by Crippen LogP contribution is 2.31. The third kappa shape index (κ3) is 6.07. The van der Waals surface area contributed by atoms with Crippen molar-refractivity contribution in [1.82, 2.24) is 10.6 Å². The van der Waals surface area contributed by atoms with Gasteiger partial charge in [0.15, 0.2) is 0 Å². The van der Waals surface area contributed by atoms with Gasteiger partial charge in [0, 0.05) is 13.0 Å². The number of rotatable bonds is 8. The molecule has 0 aliphatic heterocycles. The van der Waals surface area contributed by atoms with Crippen molar-refractivity contribution in [3.05, 3.63) is 0 Å². The third-order valence-electron chi connectivity index (χ3n) is 2.79. The zero-order valence-corrected chi connectivity index (χ0v) is 10.0. The largest absolute Gasteiger partial charge is 0.481 e. The average Bonchev–Trinajstić information content (AvgIpc) is 3.07. The van der Waals surface area contributed by atoms with Gasteiger partial charge in [-0.1, -0.05) is 12.8 Å². The summed E-state index contributed by atoms with van der Waals surface area (Å²) in [6, 6.07) is -1.73. The van der Waals surface area contributed by atoms with E-state index in [1.54, 1.807) is 0 Å². The van der Waals surface area contributed by atoms with Crippen molar-refractivity contribution >= 4 is 18.0 Å². The fraction of sp³-hybridized carbons (Fsp3) is 0.727. The van der Waals surface area contributed by atoms with E-state index in [-0.39, 0.29) is 12.8 Å². The Labute approximate surface area is 105 Å². The Bertz CT molecular complexity index is 327. The number of hydrogen-bond donors (Lipinski definition) is 4. The summed E-state index contributed by atoms with van der Waals surface area (Å²) in [5, 5.41) is 22.1. The summed E-state index contributed by atoms with van der Waals surface area (Å²) in [6.45, 7) is 0.516. The molecule has 1 atom stereocenters. The fourth-order valence-electron chi connectivity index (χ4n) is 1.53. The summed E-state index contributed by atoms with van der Waals surface area (Å²) in [4.78, 5) is 32.5. The molecule has 0 spiro atoms. The van der Waals surface area contributed by atoms with Crippen LogP contribution in [-0.4, -0.2) is 40.8 Å². The van der Waals surface area contributed by atoms with Crippen molar-refractivity contribution in [1.29, 1.82) is 0 Å². The number of carboxylic acids is 2. The summed E-state index contributed by atoms with van der Waals surface area (Å²) in [6.07, 6.45) is 2.87. The van der Waals surface area contributed by atoms with Crippen molar-refractivity contribution in [3.8, 4) is 0 Å². The van der Waals surface area contributed by atoms with Crippen LogP contribution in [0.25, 0.3) is 0 Å². The maximum Gasteiger partial charge on any atom is 0.326 e. The first-order chi connectivity index (χ1) is 8.49. The van der Waals surface area contributed by atoms with E-state index in [1.165, 1.54) is 12.8 Å². The molecule has 7 heteroatoms. The van der Waals surface area contributed by atoms with Crippen LogP contribution < -0.4 is 10.6 Å². The molecule has 0 heterocycles. The lowest BCUT2D eigenvalue weighted by atomic mass is 10.1. The molecule has 2 amide bonds. The zero-order chi connectivity index (χ0) is 13.5. The molecule has 18 heavy (non-hydrogen) atoms. The average molecular weight is 258 g/mol. The minimum absolute atomic E-state index is 0.124. The number of hydrogen-bond acceptors (Lipinski definition) is 3. The summed E-state index contributed by atoms with van der Waals surface area (Å²) >= 11 is 0. The Balaban J connectivity index is 2.22. The maximum absolute atomic E-state index is 11.4. The number of aliphatic carboxylic acids is 2. The van der Waals surface area contributed by atoms with E-state index in [4.69, 9.17) is 10.2 Å². The van der Waals surface area contributed by atoms with E-state index in [0.717, 1.165) is 6.42 Å². The van der Waals surface area contributed by atoms with Crippen molar-refractivity contribution in [2.45, 2.75) is 38.1 Å². The summed E-state index contributed by atoms with van der Waals surface area (Å²) < 4.78 is 0. The van der Waals surface area contributed by atoms with E-state index in [9.17, 15) is 14.4 Å². The van der Waals surface area contributed by atoms with Gasteiger partial charge in [0.1, 0.15) is 6.04 Å². The van der Waals surface area contributed by atoms with E-state index in [0.29, 0.717) is 12.5 Å². The second-order valence-corrected chi connectivity index (χ2v) is 4.46. The van der Waals surface area contributed by atoms with Gasteiger partial charge in [-0.25, -0.2) is 9.59 Å². The standard InChI is InChI=1S/C11H18N2O5/c14-9(15)4-3-8(10(16)17)13-11(18)12-6-5-7-1-2-7/h7-8H,1-6H2,(H,14,15)(H,16,17)(H2,12,13,18). The molecule has 7 nitrogen and oxygen atoms in total. The monoisotopic (exact) mass is 258 g/mol. The first-order valence-electron chi connectivity index (χ1n) is 5.98. The molecule has 1 unspecified atom stereocenters. The van der Waals surface area contributed by atoms with Gasteiger partial charge >= 0.3 is 18.0 Å². The lowest BCUT2D eigenvalue weighted by Gasteiger charge is -2.14. The van der Waals surface area contributed by atoms with Crippen LogP contribution in [0.15, 0.2) is 0 Å². The van der Waals surface area contributed by atoms with Crippen molar-refractivity contribution in [2.75, 3.05) is 6.54 Å². The summed E-state index contributed by atoms with van der Waals surface area (Å²) in [5.74, 6) is -1.63. The molecule has 0 radical (unpaired) electrons. The third-order valence-corrected chi connectivity index (χ3v) is 2.79. The fourth-order valence-corrected chi connectivity index (χ4v) is 1.53. The second kappa shape index (κ2) is 6.83. The van der Waals surface area contributed by atoms with Crippen LogP contribution in [0.4, 0.5) is 4.79 Å².